The second-order valence-electron chi connectivity index (χ2n) is 16.0. The van der Waals surface area contributed by atoms with Gasteiger partial charge in [-0.3, -0.25) is 9.59 Å². The fourth-order valence-corrected chi connectivity index (χ4v) is 11.7. The van der Waals surface area contributed by atoms with Crippen LogP contribution in [0.4, 0.5) is 0 Å². The van der Waals surface area contributed by atoms with Crippen molar-refractivity contribution < 1.29 is 14.7 Å². The number of ketones is 2. The minimum Gasteiger partial charge on any atom is -0.393 e. The summed E-state index contributed by atoms with van der Waals surface area (Å²) in [5.74, 6) is 1.89. The first-order valence-electron chi connectivity index (χ1n) is 16.0. The van der Waals surface area contributed by atoms with Crippen LogP contribution in [-0.4, -0.2) is 32.7 Å². The Morgan fingerprint density at radius 3 is 2.37 bits per heavy atom. The van der Waals surface area contributed by atoms with Crippen molar-refractivity contribution in [2.24, 2.45) is 50.7 Å². The average Bonchev–Trinajstić information content (AvgIpc) is 3.21. The van der Waals surface area contributed by atoms with Gasteiger partial charge >= 0.3 is 0 Å². The van der Waals surface area contributed by atoms with Crippen LogP contribution < -0.4 is 0 Å². The summed E-state index contributed by atoms with van der Waals surface area (Å²) >= 11 is 0. The number of aromatic nitrogens is 2. The molecule has 41 heavy (non-hydrogen) atoms. The Balaban J connectivity index is 0.00000337. The van der Waals surface area contributed by atoms with Gasteiger partial charge < -0.3 is 5.11 Å². The number of aliphatic hydroxyl groups excluding tert-OH is 1. The first-order valence-corrected chi connectivity index (χ1v) is 16.0. The van der Waals surface area contributed by atoms with Crippen LogP contribution >= 0.6 is 12.4 Å². The first-order chi connectivity index (χ1) is 18.7. The predicted molar refractivity (Wildman–Crippen MR) is 163 cm³/mol. The Morgan fingerprint density at radius 1 is 0.976 bits per heavy atom. The second kappa shape index (κ2) is 9.97. The highest BCUT2D eigenvalue weighted by Crippen LogP contribution is 2.76. The van der Waals surface area contributed by atoms with Crippen molar-refractivity contribution in [1.82, 2.24) is 9.97 Å². The van der Waals surface area contributed by atoms with E-state index in [-0.39, 0.29) is 70.0 Å². The second-order valence-corrected chi connectivity index (χ2v) is 16.0. The number of nitrogens with zero attached hydrogens (tertiary/aromatic N) is 2. The largest absolute Gasteiger partial charge is 0.393 e. The van der Waals surface area contributed by atoms with Gasteiger partial charge in [-0.25, -0.2) is 9.97 Å². The molecule has 0 spiro atoms. The highest BCUT2D eigenvalue weighted by molar-refractivity contribution is 6.07. The molecule has 0 radical (unpaired) electrons. The molecule has 226 valence electrons. The maximum atomic E-state index is 14.3. The van der Waals surface area contributed by atoms with Crippen LogP contribution in [0, 0.1) is 50.7 Å². The topological polar surface area (TPSA) is 80.2 Å². The summed E-state index contributed by atoms with van der Waals surface area (Å²) in [5, 5.41) is 11.0. The molecule has 5 aliphatic rings. The summed E-state index contributed by atoms with van der Waals surface area (Å²) in [6.07, 6.45) is 11.9. The van der Waals surface area contributed by atoms with E-state index < -0.39 is 5.41 Å². The lowest BCUT2D eigenvalue weighted by molar-refractivity contribution is -0.228. The van der Waals surface area contributed by atoms with Gasteiger partial charge in [0, 0.05) is 19.0 Å². The molecule has 0 bridgehead atoms. The van der Waals surface area contributed by atoms with E-state index in [1.165, 1.54) is 18.3 Å². The summed E-state index contributed by atoms with van der Waals surface area (Å²) < 4.78 is 0. The van der Waals surface area contributed by atoms with Crippen molar-refractivity contribution in [3.05, 3.63) is 35.4 Å². The van der Waals surface area contributed by atoms with E-state index in [0.717, 1.165) is 56.2 Å². The fourth-order valence-electron chi connectivity index (χ4n) is 11.7. The molecule has 6 heteroatoms. The summed E-state index contributed by atoms with van der Waals surface area (Å²) in [6, 6.07) is 1.83. The van der Waals surface area contributed by atoms with E-state index in [9.17, 15) is 14.7 Å². The number of carbonyl (C=O) groups excluding carboxylic acids is 2. The highest BCUT2D eigenvalue weighted by atomic mass is 35.5. The van der Waals surface area contributed by atoms with Gasteiger partial charge in [0.25, 0.3) is 0 Å². The number of hydrogen-bond acceptors (Lipinski definition) is 5. The number of allylic oxidation sites excluding steroid dienone is 2. The highest BCUT2D eigenvalue weighted by Gasteiger charge is 2.70. The van der Waals surface area contributed by atoms with E-state index in [2.05, 4.69) is 58.4 Å². The van der Waals surface area contributed by atoms with Crippen molar-refractivity contribution in [3.63, 3.8) is 0 Å². The lowest BCUT2D eigenvalue weighted by Gasteiger charge is -2.72. The molecule has 4 fully saturated rings. The summed E-state index contributed by atoms with van der Waals surface area (Å²) in [7, 11) is 0. The molecule has 1 aromatic rings. The van der Waals surface area contributed by atoms with E-state index in [4.69, 9.17) is 0 Å². The quantitative estimate of drug-likeness (QED) is 0.401. The van der Waals surface area contributed by atoms with Crippen molar-refractivity contribution >= 4 is 24.0 Å². The first kappa shape index (κ1) is 30.9. The van der Waals surface area contributed by atoms with Gasteiger partial charge in [-0.15, -0.1) is 12.4 Å². The standard InChI is InChI=1S/C35H50N2O3.ClH/c1-21(2)29-24(38)19-35(28(40)18-22-12-17-36-20-37-22)16-15-33(6)23(30(29)35)8-9-26-32(5)13-11-27(39)31(3,4)25(32)10-14-34(26,33)7;/h12,17,20-21,23,25-27,39H,8-11,13-16,18-19H2,1-7H3;1H/t23-,25+,26-,27+,32+,33-,34-,35+;/m1./s1. The fraction of sp³-hybridized carbons (Fsp3) is 0.771. The Labute approximate surface area is 253 Å². The van der Waals surface area contributed by atoms with Crippen LogP contribution in [0.2, 0.25) is 0 Å². The normalized spacial score (nSPS) is 43.0. The monoisotopic (exact) mass is 582 g/mol. The van der Waals surface area contributed by atoms with E-state index >= 15 is 0 Å². The molecule has 0 amide bonds. The van der Waals surface area contributed by atoms with Crippen LogP contribution in [0.25, 0.3) is 0 Å². The van der Waals surface area contributed by atoms with Crippen LogP contribution in [-0.2, 0) is 16.0 Å². The smallest absolute Gasteiger partial charge is 0.160 e. The van der Waals surface area contributed by atoms with Crippen molar-refractivity contribution in [1.29, 1.82) is 0 Å². The Kier molecular flexibility index (Phi) is 7.51. The minimum atomic E-state index is -0.674. The SMILES string of the molecule is CC(C)C1=C2[C@H]3CC[C@@H]4[C@@]5(C)CC[C@H](O)C(C)(C)[C@@H]5CC[C@@]4(C)[C@]3(C)CC[C@@]2(C(=O)Cc2ccncn2)CC1=O.Cl. The van der Waals surface area contributed by atoms with Gasteiger partial charge in [0.15, 0.2) is 5.78 Å². The number of rotatable bonds is 4. The van der Waals surface area contributed by atoms with Crippen LogP contribution in [0.5, 0.6) is 0 Å². The third kappa shape index (κ3) is 4.03. The zero-order chi connectivity index (χ0) is 28.9. The number of halogens is 1. The number of Topliss-reactive ketones (excluding diaryl/α,β-unsaturated/α-hetero) is 2. The lowest BCUT2D eigenvalue weighted by Crippen LogP contribution is -2.65. The molecule has 0 saturated heterocycles. The maximum Gasteiger partial charge on any atom is 0.160 e. The zero-order valence-electron chi connectivity index (χ0n) is 26.3. The van der Waals surface area contributed by atoms with Gasteiger partial charge in [0.05, 0.1) is 17.2 Å². The predicted octanol–water partition coefficient (Wildman–Crippen LogP) is 7.35. The van der Waals surface area contributed by atoms with Gasteiger partial charge in [-0.1, -0.05) is 48.5 Å². The summed E-state index contributed by atoms with van der Waals surface area (Å²) in [6.45, 7) is 16.6. The number of fused-ring (bicyclic) bond motifs is 7. The van der Waals surface area contributed by atoms with Crippen molar-refractivity contribution in [2.45, 2.75) is 119 Å². The molecule has 8 atom stereocenters. The molecule has 1 aromatic heterocycles. The lowest BCUT2D eigenvalue weighted by atomic mass is 9.33. The molecule has 4 saturated carbocycles. The molecule has 5 aliphatic carbocycles. The molecule has 1 heterocycles. The molecule has 0 unspecified atom stereocenters. The van der Waals surface area contributed by atoms with Crippen LogP contribution in [0.15, 0.2) is 29.7 Å². The van der Waals surface area contributed by atoms with E-state index in [1.807, 2.05) is 6.07 Å². The van der Waals surface area contributed by atoms with Gasteiger partial charge in [-0.05, 0) is 114 Å². The van der Waals surface area contributed by atoms with Crippen LogP contribution in [0.3, 0.4) is 0 Å². The average molecular weight is 583 g/mol. The van der Waals surface area contributed by atoms with Gasteiger partial charge in [0.1, 0.15) is 12.1 Å². The Hall–Kier alpha value is -1.59. The van der Waals surface area contributed by atoms with E-state index in [0.29, 0.717) is 18.3 Å². The molecule has 1 N–H and O–H groups in total. The molecule has 0 aliphatic heterocycles. The third-order valence-electron chi connectivity index (χ3n) is 13.9. The zero-order valence-corrected chi connectivity index (χ0v) is 27.1. The Bertz CT molecular complexity index is 1260. The molecule has 5 nitrogen and oxygen atoms in total. The molecule has 0 aromatic carbocycles. The summed E-state index contributed by atoms with van der Waals surface area (Å²) in [4.78, 5) is 36.5. The van der Waals surface area contributed by atoms with E-state index in [1.54, 1.807) is 6.20 Å². The maximum absolute atomic E-state index is 14.3. The minimum absolute atomic E-state index is 0. The molecular weight excluding hydrogens is 532 g/mol. The van der Waals surface area contributed by atoms with Gasteiger partial charge in [0.2, 0.25) is 0 Å². The number of hydrogen-bond donors (Lipinski definition) is 1. The van der Waals surface area contributed by atoms with Crippen molar-refractivity contribution in [3.8, 4) is 0 Å². The van der Waals surface area contributed by atoms with Crippen LogP contribution in [0.1, 0.15) is 112 Å². The molecule has 6 rings (SSSR count). The van der Waals surface area contributed by atoms with Crippen molar-refractivity contribution in [2.75, 3.05) is 0 Å². The number of carbonyl (C=O) groups is 2. The van der Waals surface area contributed by atoms with Gasteiger partial charge in [-0.2, -0.15) is 0 Å². The Morgan fingerprint density at radius 2 is 1.71 bits per heavy atom. The summed E-state index contributed by atoms with van der Waals surface area (Å²) in [5.41, 5.74) is 2.60. The molecular formula is C35H51ClN2O3. The number of aliphatic hydroxyl groups is 1. The third-order valence-corrected chi connectivity index (χ3v) is 13.9.